The molecule has 0 amide bonds. The van der Waals surface area contributed by atoms with Gasteiger partial charge >= 0.3 is 0 Å². The van der Waals surface area contributed by atoms with Gasteiger partial charge < -0.3 is 0 Å². The third-order valence-electron chi connectivity index (χ3n) is 15.5. The predicted molar refractivity (Wildman–Crippen MR) is 211 cm³/mol. The number of fused-ring (bicyclic) bond motifs is 17. The summed E-state index contributed by atoms with van der Waals surface area (Å²) in [6.07, 6.45) is 15.3. The van der Waals surface area contributed by atoms with Crippen LogP contribution in [0.1, 0.15) is 104 Å². The van der Waals surface area contributed by atoms with Crippen molar-refractivity contribution in [3.8, 4) is 22.3 Å². The molecule has 7 atom stereocenters. The zero-order valence-electron chi connectivity index (χ0n) is 28.6. The lowest BCUT2D eigenvalue weighted by Gasteiger charge is -2.49. The van der Waals surface area contributed by atoms with Crippen molar-refractivity contribution >= 4 is 64.7 Å². The number of hydrogen-bond acceptors (Lipinski definition) is 3. The first-order valence-electron chi connectivity index (χ1n) is 19.4. The minimum absolute atomic E-state index is 0.185. The highest BCUT2D eigenvalue weighted by Crippen LogP contribution is 2.65. The molecule has 0 nitrogen and oxygen atoms in total. The molecule has 0 saturated heterocycles. The Labute approximate surface area is 301 Å². The standard InChI is InChI=1S/C46H42S3/c1-23-11-29-13-37-31(17-41(29)47-23)33-19-43-35(15-39(33)45(37)9-7-25-3-5-27(25)21-45)36-16-40-34(20-44(36)49-43)32-18-42-30(12-24(2)48-42)14-38(32)46(40)10-8-26-4-6-28(26)22-46/h11,13-20,24-28H,3-10,12,21-22H2,1-2H3/t24?,25-,26+,27?,28?,45?,46?/m1/s1. The van der Waals surface area contributed by atoms with E-state index < -0.39 is 0 Å². The van der Waals surface area contributed by atoms with E-state index in [0.717, 1.165) is 23.7 Å². The van der Waals surface area contributed by atoms with E-state index in [2.05, 4.69) is 91.5 Å². The Morgan fingerprint density at radius 3 is 1.69 bits per heavy atom. The molecule has 4 aromatic carbocycles. The van der Waals surface area contributed by atoms with Crippen LogP contribution in [0.5, 0.6) is 0 Å². The highest BCUT2D eigenvalue weighted by molar-refractivity contribution is 8.00. The van der Waals surface area contributed by atoms with Gasteiger partial charge in [0.05, 0.1) is 0 Å². The maximum Gasteiger partial charge on any atom is 0.0361 e. The molecular formula is C46H42S3. The highest BCUT2D eigenvalue weighted by Gasteiger charge is 2.53. The maximum absolute atomic E-state index is 2.76. The quantitative estimate of drug-likeness (QED) is 0.153. The summed E-state index contributed by atoms with van der Waals surface area (Å²) in [5.41, 5.74) is 15.0. The molecule has 6 aliphatic carbocycles. The van der Waals surface area contributed by atoms with E-state index >= 15 is 0 Å². The average Bonchev–Trinajstić information content (AvgIpc) is 3.83. The fourth-order valence-electron chi connectivity index (χ4n) is 12.8. The number of aryl methyl sites for hydroxylation is 1. The van der Waals surface area contributed by atoms with Gasteiger partial charge in [-0.2, -0.15) is 0 Å². The van der Waals surface area contributed by atoms with Gasteiger partial charge in [0.25, 0.3) is 0 Å². The summed E-state index contributed by atoms with van der Waals surface area (Å²) < 4.78 is 4.46. The van der Waals surface area contributed by atoms with Crippen LogP contribution >= 0.6 is 34.4 Å². The molecule has 0 bridgehead atoms. The van der Waals surface area contributed by atoms with E-state index in [4.69, 9.17) is 0 Å². The summed E-state index contributed by atoms with van der Waals surface area (Å²) in [5, 5.41) is 5.25. The SMILES string of the molecule is Cc1cc2cc3c(cc2s1)-c1cc2sc4cc5c(cc4c2cc1C31CC[C@H]2CCC2C1)C1(CC[C@@H]2CCC2C1)c1cc2c(cc1-5)SC(C)C2. The van der Waals surface area contributed by atoms with Crippen LogP contribution in [0.25, 0.3) is 52.5 Å². The smallest absolute Gasteiger partial charge is 0.0361 e. The number of rotatable bonds is 0. The molecule has 5 unspecified atom stereocenters. The maximum atomic E-state index is 2.76. The molecule has 1 aliphatic heterocycles. The highest BCUT2D eigenvalue weighted by atomic mass is 32.2. The third-order valence-corrected chi connectivity index (χ3v) is 18.8. The van der Waals surface area contributed by atoms with Crippen molar-refractivity contribution in [2.45, 2.75) is 105 Å². The average molecular weight is 691 g/mol. The number of thiophene rings is 2. The van der Waals surface area contributed by atoms with E-state index in [0.29, 0.717) is 5.25 Å². The molecule has 4 fully saturated rings. The predicted octanol–water partition coefficient (Wildman–Crippen LogP) is 13.6. The number of hydrogen-bond donors (Lipinski definition) is 0. The zero-order chi connectivity index (χ0) is 32.0. The van der Waals surface area contributed by atoms with Crippen molar-refractivity contribution in [3.05, 3.63) is 87.3 Å². The largest absolute Gasteiger partial charge is 0.141 e. The van der Waals surface area contributed by atoms with Crippen molar-refractivity contribution < 1.29 is 0 Å². The van der Waals surface area contributed by atoms with Crippen molar-refractivity contribution in [1.29, 1.82) is 0 Å². The second-order valence-electron chi connectivity index (χ2n) is 17.7. The van der Waals surface area contributed by atoms with Crippen molar-refractivity contribution in [2.75, 3.05) is 0 Å². The first-order chi connectivity index (χ1) is 23.9. The van der Waals surface area contributed by atoms with Crippen LogP contribution in [0.3, 0.4) is 0 Å². The summed E-state index contributed by atoms with van der Waals surface area (Å²) in [6, 6.07) is 23.8. The van der Waals surface area contributed by atoms with Crippen molar-refractivity contribution in [1.82, 2.24) is 0 Å². The lowest BCUT2D eigenvalue weighted by molar-refractivity contribution is 0.0773. The summed E-state index contributed by atoms with van der Waals surface area (Å²) in [5.74, 6) is 3.79. The molecule has 3 heterocycles. The van der Waals surface area contributed by atoms with Crippen LogP contribution < -0.4 is 0 Å². The Bertz CT molecular complexity index is 2490. The van der Waals surface area contributed by atoms with Gasteiger partial charge in [-0.15, -0.1) is 34.4 Å². The first kappa shape index (κ1) is 28.1. The van der Waals surface area contributed by atoms with Gasteiger partial charge in [-0.25, -0.2) is 0 Å². The normalized spacial score (nSPS) is 32.9. The van der Waals surface area contributed by atoms with Crippen molar-refractivity contribution in [3.63, 3.8) is 0 Å². The molecule has 3 heteroatoms. The van der Waals surface area contributed by atoms with E-state index in [1.165, 1.54) is 100 Å². The van der Waals surface area contributed by atoms with Gasteiger partial charge in [0, 0.05) is 50.7 Å². The van der Waals surface area contributed by atoms with Gasteiger partial charge in [-0.3, -0.25) is 0 Å². The molecule has 0 N–H and O–H groups in total. The first-order valence-corrected chi connectivity index (χ1v) is 21.9. The molecule has 7 aliphatic rings. The summed E-state index contributed by atoms with van der Waals surface area (Å²) in [7, 11) is 0. The van der Waals surface area contributed by atoms with E-state index in [1.54, 1.807) is 60.4 Å². The Hall–Kier alpha value is -2.59. The van der Waals surface area contributed by atoms with Gasteiger partial charge in [0.15, 0.2) is 0 Å². The third kappa shape index (κ3) is 3.45. The molecule has 2 aromatic heterocycles. The van der Waals surface area contributed by atoms with E-state index in [-0.39, 0.29) is 10.8 Å². The molecule has 244 valence electrons. The lowest BCUT2D eigenvalue weighted by atomic mass is 9.54. The molecule has 2 spiro atoms. The lowest BCUT2D eigenvalue weighted by Crippen LogP contribution is -2.41. The second-order valence-corrected chi connectivity index (χ2v) is 21.5. The molecule has 4 saturated carbocycles. The topological polar surface area (TPSA) is 0 Å². The fourth-order valence-corrected chi connectivity index (χ4v) is 16.1. The molecule has 6 aromatic rings. The van der Waals surface area contributed by atoms with Gasteiger partial charge in [-0.05, 0) is 205 Å². The molecule has 49 heavy (non-hydrogen) atoms. The number of benzene rings is 4. The monoisotopic (exact) mass is 690 g/mol. The minimum atomic E-state index is 0.185. The van der Waals surface area contributed by atoms with Gasteiger partial charge in [0.1, 0.15) is 0 Å². The zero-order valence-corrected chi connectivity index (χ0v) is 31.0. The van der Waals surface area contributed by atoms with Crippen molar-refractivity contribution in [2.24, 2.45) is 23.7 Å². The molecule has 13 rings (SSSR count). The van der Waals surface area contributed by atoms with Crippen LogP contribution in [-0.4, -0.2) is 5.25 Å². The van der Waals surface area contributed by atoms with Crippen LogP contribution in [0, 0.1) is 30.6 Å². The number of thioether (sulfide) groups is 1. The Kier molecular flexibility index (Phi) is 5.29. The van der Waals surface area contributed by atoms with Crippen LogP contribution in [-0.2, 0) is 17.3 Å². The summed E-state index contributed by atoms with van der Waals surface area (Å²) >= 11 is 6.16. The Balaban J connectivity index is 1.05. The van der Waals surface area contributed by atoms with Gasteiger partial charge in [-0.1, -0.05) is 13.0 Å². The van der Waals surface area contributed by atoms with Crippen LogP contribution in [0.2, 0.25) is 0 Å². The van der Waals surface area contributed by atoms with E-state index in [1.807, 2.05) is 11.3 Å². The summed E-state index contributed by atoms with van der Waals surface area (Å²) in [6.45, 7) is 4.70. The summed E-state index contributed by atoms with van der Waals surface area (Å²) in [4.78, 5) is 2.99. The fraction of sp³-hybridized carbons (Fsp3) is 0.435. The Morgan fingerprint density at radius 1 is 0.551 bits per heavy atom. The molecular weight excluding hydrogens is 649 g/mol. The Morgan fingerprint density at radius 2 is 1.10 bits per heavy atom. The molecule has 0 radical (unpaired) electrons. The van der Waals surface area contributed by atoms with E-state index in [9.17, 15) is 0 Å². The second kappa shape index (κ2) is 9.25. The van der Waals surface area contributed by atoms with Gasteiger partial charge in [0.2, 0.25) is 0 Å². The van der Waals surface area contributed by atoms with Crippen LogP contribution in [0.15, 0.2) is 59.5 Å². The van der Waals surface area contributed by atoms with Crippen LogP contribution in [0.4, 0.5) is 0 Å². The minimum Gasteiger partial charge on any atom is -0.141 e.